The molecule has 3 N–H and O–H groups in total. The largest absolute Gasteiger partial charge is 0.497 e. The van der Waals surface area contributed by atoms with Crippen molar-refractivity contribution in [2.45, 2.75) is 58.5 Å². The lowest BCUT2D eigenvalue weighted by Crippen LogP contribution is -2.46. The number of aryl methyl sites for hydroxylation is 1. The van der Waals surface area contributed by atoms with Crippen LogP contribution in [0.1, 0.15) is 47.2 Å². The normalized spacial score (nSPS) is 11.9. The summed E-state index contributed by atoms with van der Waals surface area (Å²) in [6.45, 7) is 7.19. The highest BCUT2D eigenvalue weighted by atomic mass is 16.5. The van der Waals surface area contributed by atoms with Crippen LogP contribution in [0.15, 0.2) is 102 Å². The van der Waals surface area contributed by atoms with Crippen LogP contribution in [0, 0.1) is 13.8 Å². The number of benzene rings is 4. The van der Waals surface area contributed by atoms with Crippen LogP contribution in [0.4, 0.5) is 5.69 Å². The third kappa shape index (κ3) is 8.06. The topological polar surface area (TPSA) is 127 Å². The highest BCUT2D eigenvalue weighted by Gasteiger charge is 2.30. The number of hydrogen-bond donors (Lipinski definition) is 3. The molecular weight excluding hydrogens is 618 g/mol. The van der Waals surface area contributed by atoms with Crippen LogP contribution in [-0.4, -0.2) is 40.6 Å². The maximum absolute atomic E-state index is 14.0. The molecule has 4 aromatic carbocycles. The SMILES string of the molecule is COc1ccc(Cn2cc(C)c(C)c(NC(=O)[C@@H](Cc3ccc(C(C)(C)C(=O)O)cc3)NC(=O)Cc3ccc4ccccc4c3)c2=O)cc1. The first-order valence-electron chi connectivity index (χ1n) is 16.1. The van der Waals surface area contributed by atoms with E-state index in [1.165, 1.54) is 0 Å². The fraction of sp³-hybridized carbons (Fsp3) is 0.250. The van der Waals surface area contributed by atoms with E-state index in [0.717, 1.165) is 27.5 Å². The Kier molecular flexibility index (Phi) is 10.3. The monoisotopic (exact) mass is 659 g/mol. The minimum Gasteiger partial charge on any atom is -0.497 e. The van der Waals surface area contributed by atoms with E-state index in [9.17, 15) is 24.3 Å². The molecule has 9 nitrogen and oxygen atoms in total. The summed E-state index contributed by atoms with van der Waals surface area (Å²) in [5.41, 5.74) is 3.13. The lowest BCUT2D eigenvalue weighted by Gasteiger charge is -2.22. The number of fused-ring (bicyclic) bond motifs is 1. The van der Waals surface area contributed by atoms with E-state index in [0.29, 0.717) is 22.4 Å². The number of carbonyl (C=O) groups is 3. The predicted molar refractivity (Wildman–Crippen MR) is 191 cm³/mol. The average molecular weight is 660 g/mol. The van der Waals surface area contributed by atoms with Crippen LogP contribution in [0.3, 0.4) is 0 Å². The molecule has 5 rings (SSSR count). The van der Waals surface area contributed by atoms with Crippen molar-refractivity contribution in [1.82, 2.24) is 9.88 Å². The molecule has 0 aliphatic carbocycles. The number of methoxy groups -OCH3 is 1. The number of anilines is 1. The van der Waals surface area contributed by atoms with Crippen LogP contribution in [0.25, 0.3) is 10.8 Å². The Morgan fingerprint density at radius 2 is 1.49 bits per heavy atom. The highest BCUT2D eigenvalue weighted by molar-refractivity contribution is 5.98. The number of carbonyl (C=O) groups excluding carboxylic acids is 2. The van der Waals surface area contributed by atoms with Crippen LogP contribution in [0.5, 0.6) is 5.75 Å². The first kappa shape index (κ1) is 34.6. The lowest BCUT2D eigenvalue weighted by atomic mass is 9.84. The third-order valence-corrected chi connectivity index (χ3v) is 9.03. The molecule has 0 radical (unpaired) electrons. The Hall–Kier alpha value is -5.70. The maximum atomic E-state index is 14.0. The van der Waals surface area contributed by atoms with Gasteiger partial charge in [0.2, 0.25) is 11.8 Å². The van der Waals surface area contributed by atoms with Crippen molar-refractivity contribution in [3.05, 3.63) is 141 Å². The second-order valence-corrected chi connectivity index (χ2v) is 12.9. The number of aliphatic carboxylic acids is 1. The predicted octanol–water partition coefficient (Wildman–Crippen LogP) is 5.95. The van der Waals surface area contributed by atoms with Crippen LogP contribution in [0.2, 0.25) is 0 Å². The van der Waals surface area contributed by atoms with Crippen molar-refractivity contribution in [3.8, 4) is 5.75 Å². The van der Waals surface area contributed by atoms with Crippen LogP contribution >= 0.6 is 0 Å². The summed E-state index contributed by atoms with van der Waals surface area (Å²) in [7, 11) is 1.59. The number of nitrogens with zero attached hydrogens (tertiary/aromatic N) is 1. The van der Waals surface area contributed by atoms with Gasteiger partial charge in [-0.2, -0.15) is 0 Å². The number of carboxylic acids is 1. The van der Waals surface area contributed by atoms with Crippen LogP contribution in [-0.2, 0) is 39.2 Å². The van der Waals surface area contributed by atoms with Crippen molar-refractivity contribution < 1.29 is 24.2 Å². The van der Waals surface area contributed by atoms with Gasteiger partial charge in [-0.05, 0) is 84.0 Å². The van der Waals surface area contributed by atoms with E-state index in [1.54, 1.807) is 62.9 Å². The van der Waals surface area contributed by atoms with Crippen molar-refractivity contribution in [2.75, 3.05) is 12.4 Å². The Morgan fingerprint density at radius 3 is 2.14 bits per heavy atom. The minimum absolute atomic E-state index is 0.0541. The molecular formula is C40H41N3O6. The second-order valence-electron chi connectivity index (χ2n) is 12.9. The van der Waals surface area contributed by atoms with Gasteiger partial charge in [0.15, 0.2) is 0 Å². The quantitative estimate of drug-likeness (QED) is 0.152. The van der Waals surface area contributed by atoms with Gasteiger partial charge in [0.05, 0.1) is 25.5 Å². The molecule has 1 aromatic heterocycles. The maximum Gasteiger partial charge on any atom is 0.313 e. The van der Waals surface area contributed by atoms with Gasteiger partial charge in [-0.3, -0.25) is 19.2 Å². The number of hydrogen-bond acceptors (Lipinski definition) is 5. The molecule has 0 spiro atoms. The molecule has 0 saturated carbocycles. The number of amides is 2. The van der Waals surface area contributed by atoms with E-state index in [4.69, 9.17) is 4.74 Å². The van der Waals surface area contributed by atoms with Gasteiger partial charge in [0.25, 0.3) is 5.56 Å². The summed E-state index contributed by atoms with van der Waals surface area (Å²) in [5, 5.41) is 17.5. The molecule has 0 aliphatic rings. The summed E-state index contributed by atoms with van der Waals surface area (Å²) in [6, 6.07) is 27.0. The number of rotatable bonds is 12. The summed E-state index contributed by atoms with van der Waals surface area (Å²) in [4.78, 5) is 52.9. The van der Waals surface area contributed by atoms with Crippen molar-refractivity contribution in [1.29, 1.82) is 0 Å². The smallest absolute Gasteiger partial charge is 0.313 e. The van der Waals surface area contributed by atoms with Gasteiger partial charge in [-0.15, -0.1) is 0 Å². The number of pyridine rings is 1. The molecule has 252 valence electrons. The molecule has 9 heteroatoms. The molecule has 1 atom stereocenters. The van der Waals surface area contributed by atoms with Gasteiger partial charge in [-0.25, -0.2) is 0 Å². The first-order valence-corrected chi connectivity index (χ1v) is 16.1. The number of ether oxygens (including phenoxy) is 1. The second kappa shape index (κ2) is 14.6. The van der Waals surface area contributed by atoms with Crippen molar-refractivity contribution >= 4 is 34.2 Å². The van der Waals surface area contributed by atoms with E-state index in [1.807, 2.05) is 73.7 Å². The molecule has 0 saturated heterocycles. The van der Waals surface area contributed by atoms with Crippen molar-refractivity contribution in [3.63, 3.8) is 0 Å². The van der Waals surface area contributed by atoms with Gasteiger partial charge in [-0.1, -0.05) is 78.9 Å². The van der Waals surface area contributed by atoms with Gasteiger partial charge < -0.3 is 25.0 Å². The molecule has 0 fully saturated rings. The lowest BCUT2D eigenvalue weighted by molar-refractivity contribution is -0.142. The van der Waals surface area contributed by atoms with E-state index >= 15 is 0 Å². The third-order valence-electron chi connectivity index (χ3n) is 9.03. The Labute approximate surface area is 285 Å². The fourth-order valence-electron chi connectivity index (χ4n) is 5.70. The zero-order valence-electron chi connectivity index (χ0n) is 28.4. The number of nitrogens with one attached hydrogen (secondary N) is 2. The van der Waals surface area contributed by atoms with E-state index in [2.05, 4.69) is 10.6 Å². The minimum atomic E-state index is -1.10. The molecule has 2 amide bonds. The molecule has 0 aliphatic heterocycles. The van der Waals surface area contributed by atoms with E-state index in [-0.39, 0.29) is 36.5 Å². The molecule has 1 heterocycles. The Morgan fingerprint density at radius 1 is 0.857 bits per heavy atom. The number of carboxylic acid groups (broad SMARTS) is 1. The van der Waals surface area contributed by atoms with Crippen molar-refractivity contribution in [2.24, 2.45) is 0 Å². The van der Waals surface area contributed by atoms with Gasteiger partial charge in [0.1, 0.15) is 17.5 Å². The zero-order chi connectivity index (χ0) is 35.3. The standard InChI is InChI=1S/C40H41N3O6/c1-25-23-43(24-28-13-18-33(49-5)19-14-28)38(46)36(26(25)2)42-37(45)34(21-27-11-16-32(17-12-27)40(3,4)39(47)48)41-35(44)22-29-10-15-30-8-6-7-9-31(30)20-29/h6-20,23,34H,21-22,24H2,1-5H3,(H,41,44)(H,42,45)(H,47,48)/t34-/m1/s1. The number of aromatic nitrogens is 1. The highest BCUT2D eigenvalue weighted by Crippen LogP contribution is 2.24. The summed E-state index contributed by atoms with van der Waals surface area (Å²) < 4.78 is 6.80. The summed E-state index contributed by atoms with van der Waals surface area (Å²) >= 11 is 0. The molecule has 0 bridgehead atoms. The van der Waals surface area contributed by atoms with E-state index < -0.39 is 23.3 Å². The Balaban J connectivity index is 1.41. The molecule has 0 unspecified atom stereocenters. The van der Waals surface area contributed by atoms with Gasteiger partial charge in [0, 0.05) is 12.6 Å². The van der Waals surface area contributed by atoms with Crippen LogP contribution < -0.4 is 20.9 Å². The molecule has 5 aromatic rings. The molecule has 49 heavy (non-hydrogen) atoms. The summed E-state index contributed by atoms with van der Waals surface area (Å²) in [6.07, 6.45) is 1.94. The zero-order valence-corrected chi connectivity index (χ0v) is 28.4. The Bertz CT molecular complexity index is 2060. The first-order chi connectivity index (χ1) is 23.3. The average Bonchev–Trinajstić information content (AvgIpc) is 3.09. The van der Waals surface area contributed by atoms with Gasteiger partial charge >= 0.3 is 5.97 Å². The fourth-order valence-corrected chi connectivity index (χ4v) is 5.70. The summed E-state index contributed by atoms with van der Waals surface area (Å²) in [5.74, 6) is -1.14.